The molecule has 0 fully saturated rings. The van der Waals surface area contributed by atoms with Crippen LogP contribution in [0.15, 0.2) is 30.5 Å². The minimum Gasteiger partial charge on any atom is -0.465 e. The van der Waals surface area contributed by atoms with E-state index in [2.05, 4.69) is 5.32 Å². The molecule has 112 valence electrons. The Kier molecular flexibility index (Phi) is 4.02. The maximum atomic E-state index is 12.0. The SMILES string of the molecule is COC(=O)c1ccc2ccn(CC(=O)NC(C)(C)C)c2c1. The van der Waals surface area contributed by atoms with Crippen molar-refractivity contribution in [1.82, 2.24) is 9.88 Å². The maximum Gasteiger partial charge on any atom is 0.337 e. The summed E-state index contributed by atoms with van der Waals surface area (Å²) < 4.78 is 6.54. The average molecular weight is 288 g/mol. The molecule has 0 aliphatic heterocycles. The van der Waals surface area contributed by atoms with Gasteiger partial charge in [0.05, 0.1) is 12.7 Å². The number of nitrogens with one attached hydrogen (secondary N) is 1. The predicted molar refractivity (Wildman–Crippen MR) is 81.2 cm³/mol. The fourth-order valence-corrected chi connectivity index (χ4v) is 2.18. The zero-order valence-corrected chi connectivity index (χ0v) is 12.8. The van der Waals surface area contributed by atoms with Crippen LogP contribution in [0.2, 0.25) is 0 Å². The zero-order valence-electron chi connectivity index (χ0n) is 12.8. The van der Waals surface area contributed by atoms with Gasteiger partial charge in [0.15, 0.2) is 0 Å². The third-order valence-corrected chi connectivity index (χ3v) is 3.02. The largest absolute Gasteiger partial charge is 0.465 e. The van der Waals surface area contributed by atoms with Gasteiger partial charge < -0.3 is 14.6 Å². The monoisotopic (exact) mass is 288 g/mol. The molecule has 2 rings (SSSR count). The molecular formula is C16H20N2O3. The second kappa shape index (κ2) is 5.60. The number of benzene rings is 1. The second-order valence-electron chi connectivity index (χ2n) is 6.01. The molecule has 0 unspecified atom stereocenters. The Balaban J connectivity index is 2.28. The number of rotatable bonds is 3. The predicted octanol–water partition coefficient (Wildman–Crippen LogP) is 2.34. The average Bonchev–Trinajstić information content (AvgIpc) is 2.78. The highest BCUT2D eigenvalue weighted by atomic mass is 16.5. The van der Waals surface area contributed by atoms with Crippen LogP contribution in [-0.4, -0.2) is 29.1 Å². The summed E-state index contributed by atoms with van der Waals surface area (Å²) in [7, 11) is 1.35. The molecule has 1 aromatic carbocycles. The standard InChI is InChI=1S/C16H20N2O3/c1-16(2,3)17-14(19)10-18-8-7-11-5-6-12(9-13(11)18)15(20)21-4/h5-9H,10H2,1-4H3,(H,17,19). The Morgan fingerprint density at radius 2 is 1.95 bits per heavy atom. The van der Waals surface area contributed by atoms with Crippen molar-refractivity contribution in [2.45, 2.75) is 32.9 Å². The van der Waals surface area contributed by atoms with E-state index in [1.165, 1.54) is 7.11 Å². The van der Waals surface area contributed by atoms with Crippen molar-refractivity contribution in [3.05, 3.63) is 36.0 Å². The first-order valence-corrected chi connectivity index (χ1v) is 6.78. The second-order valence-corrected chi connectivity index (χ2v) is 6.01. The lowest BCUT2D eigenvalue weighted by Gasteiger charge is -2.20. The summed E-state index contributed by atoms with van der Waals surface area (Å²) in [4.78, 5) is 23.6. The summed E-state index contributed by atoms with van der Waals surface area (Å²) in [5.41, 5.74) is 1.04. The molecule has 0 atom stereocenters. The number of ether oxygens (including phenoxy) is 1. The molecule has 0 spiro atoms. The molecule has 0 saturated heterocycles. The molecule has 0 aliphatic carbocycles. The third kappa shape index (κ3) is 3.62. The quantitative estimate of drug-likeness (QED) is 0.882. The zero-order chi connectivity index (χ0) is 15.6. The number of esters is 1. The Morgan fingerprint density at radius 1 is 1.24 bits per heavy atom. The molecule has 0 aliphatic rings. The normalized spacial score (nSPS) is 11.4. The van der Waals surface area contributed by atoms with Gasteiger partial charge in [-0.1, -0.05) is 6.07 Å². The van der Waals surface area contributed by atoms with Crippen LogP contribution in [0, 0.1) is 0 Å². The van der Waals surface area contributed by atoms with E-state index < -0.39 is 0 Å². The number of amides is 1. The minimum absolute atomic E-state index is 0.0662. The smallest absolute Gasteiger partial charge is 0.337 e. The molecule has 21 heavy (non-hydrogen) atoms. The van der Waals surface area contributed by atoms with Gasteiger partial charge in [0.1, 0.15) is 6.54 Å². The molecule has 5 nitrogen and oxygen atoms in total. The van der Waals surface area contributed by atoms with E-state index in [-0.39, 0.29) is 24.0 Å². The Morgan fingerprint density at radius 3 is 2.57 bits per heavy atom. The molecule has 0 radical (unpaired) electrons. The van der Waals surface area contributed by atoms with E-state index in [1.807, 2.05) is 43.7 Å². The van der Waals surface area contributed by atoms with Gasteiger partial charge in [0.2, 0.25) is 5.91 Å². The van der Waals surface area contributed by atoms with E-state index >= 15 is 0 Å². The van der Waals surface area contributed by atoms with Crippen LogP contribution in [0.1, 0.15) is 31.1 Å². The maximum absolute atomic E-state index is 12.0. The topological polar surface area (TPSA) is 60.3 Å². The number of fused-ring (bicyclic) bond motifs is 1. The summed E-state index contributed by atoms with van der Waals surface area (Å²) >= 11 is 0. The van der Waals surface area contributed by atoms with Gasteiger partial charge in [-0.15, -0.1) is 0 Å². The van der Waals surface area contributed by atoms with Crippen molar-refractivity contribution in [3.63, 3.8) is 0 Å². The van der Waals surface area contributed by atoms with Crippen LogP contribution in [0.4, 0.5) is 0 Å². The molecule has 2 aromatic rings. The van der Waals surface area contributed by atoms with Crippen molar-refractivity contribution in [3.8, 4) is 0 Å². The highest BCUT2D eigenvalue weighted by Gasteiger charge is 2.15. The van der Waals surface area contributed by atoms with Gasteiger partial charge in [-0.25, -0.2) is 4.79 Å². The molecule has 1 aromatic heterocycles. The first-order valence-electron chi connectivity index (χ1n) is 6.78. The van der Waals surface area contributed by atoms with E-state index in [0.29, 0.717) is 5.56 Å². The number of methoxy groups -OCH3 is 1. The number of hydrogen-bond acceptors (Lipinski definition) is 3. The molecule has 1 heterocycles. The van der Waals surface area contributed by atoms with E-state index in [4.69, 9.17) is 4.74 Å². The summed E-state index contributed by atoms with van der Waals surface area (Å²) in [6.07, 6.45) is 1.84. The molecule has 1 N–H and O–H groups in total. The molecule has 1 amide bonds. The Bertz CT molecular complexity index is 680. The van der Waals surface area contributed by atoms with Crippen LogP contribution in [0.5, 0.6) is 0 Å². The van der Waals surface area contributed by atoms with E-state index in [0.717, 1.165) is 10.9 Å². The first kappa shape index (κ1) is 15.1. The van der Waals surface area contributed by atoms with Crippen LogP contribution in [0.25, 0.3) is 10.9 Å². The number of hydrogen-bond donors (Lipinski definition) is 1. The van der Waals surface area contributed by atoms with Crippen molar-refractivity contribution in [2.75, 3.05) is 7.11 Å². The Labute approximate surface area is 123 Å². The first-order chi connectivity index (χ1) is 9.80. The highest BCUT2D eigenvalue weighted by Crippen LogP contribution is 2.18. The third-order valence-electron chi connectivity index (χ3n) is 3.02. The lowest BCUT2D eigenvalue weighted by atomic mass is 10.1. The van der Waals surface area contributed by atoms with E-state index in [9.17, 15) is 9.59 Å². The van der Waals surface area contributed by atoms with Crippen LogP contribution >= 0.6 is 0 Å². The van der Waals surface area contributed by atoms with Crippen molar-refractivity contribution >= 4 is 22.8 Å². The fraction of sp³-hybridized carbons (Fsp3) is 0.375. The van der Waals surface area contributed by atoms with Crippen molar-refractivity contribution in [1.29, 1.82) is 0 Å². The minimum atomic E-state index is -0.385. The molecule has 5 heteroatoms. The Hall–Kier alpha value is -2.30. The number of carbonyl (C=O) groups is 2. The van der Waals surface area contributed by atoms with Gasteiger partial charge in [0.25, 0.3) is 0 Å². The van der Waals surface area contributed by atoms with Gasteiger partial charge in [-0.3, -0.25) is 4.79 Å². The van der Waals surface area contributed by atoms with Crippen molar-refractivity contribution in [2.24, 2.45) is 0 Å². The fourth-order valence-electron chi connectivity index (χ4n) is 2.18. The lowest BCUT2D eigenvalue weighted by molar-refractivity contribution is -0.123. The van der Waals surface area contributed by atoms with Gasteiger partial charge in [-0.05, 0) is 44.4 Å². The summed E-state index contributed by atoms with van der Waals surface area (Å²) in [6.45, 7) is 6.03. The number of carbonyl (C=O) groups excluding carboxylic acids is 2. The van der Waals surface area contributed by atoms with Crippen LogP contribution in [-0.2, 0) is 16.1 Å². The lowest BCUT2D eigenvalue weighted by Crippen LogP contribution is -2.42. The summed E-state index contributed by atoms with van der Waals surface area (Å²) in [5.74, 6) is -0.452. The summed E-state index contributed by atoms with van der Waals surface area (Å²) in [6, 6.07) is 7.22. The van der Waals surface area contributed by atoms with Crippen LogP contribution < -0.4 is 5.32 Å². The van der Waals surface area contributed by atoms with Gasteiger partial charge in [-0.2, -0.15) is 0 Å². The summed E-state index contributed by atoms with van der Waals surface area (Å²) in [5, 5.41) is 3.90. The van der Waals surface area contributed by atoms with E-state index in [1.54, 1.807) is 12.1 Å². The van der Waals surface area contributed by atoms with Crippen molar-refractivity contribution < 1.29 is 14.3 Å². The number of aromatic nitrogens is 1. The van der Waals surface area contributed by atoms with Crippen LogP contribution in [0.3, 0.4) is 0 Å². The number of nitrogens with zero attached hydrogens (tertiary/aromatic N) is 1. The molecule has 0 saturated carbocycles. The highest BCUT2D eigenvalue weighted by molar-refractivity contribution is 5.95. The molecular weight excluding hydrogens is 268 g/mol. The van der Waals surface area contributed by atoms with Gasteiger partial charge >= 0.3 is 5.97 Å². The molecule has 0 bridgehead atoms. The van der Waals surface area contributed by atoms with Gasteiger partial charge in [0, 0.05) is 17.3 Å².